The first-order chi connectivity index (χ1) is 12.4. The molecule has 0 saturated carbocycles. The average molecular weight is 351 g/mol. The summed E-state index contributed by atoms with van der Waals surface area (Å²) in [5.74, 6) is -0.565. The maximum atomic E-state index is 12.1. The second kappa shape index (κ2) is 7.00. The SMILES string of the molecule is CC1(C)NC(=O)N(CCC(=O)Nc2ccc(-c3ccccc3)cc2)C1=O. The van der Waals surface area contributed by atoms with Gasteiger partial charge in [-0.25, -0.2) is 4.79 Å². The van der Waals surface area contributed by atoms with Crippen LogP contribution in [0.15, 0.2) is 54.6 Å². The molecular weight excluding hydrogens is 330 g/mol. The molecule has 0 aliphatic carbocycles. The summed E-state index contributed by atoms with van der Waals surface area (Å²) in [6.45, 7) is 3.34. The van der Waals surface area contributed by atoms with E-state index < -0.39 is 11.6 Å². The van der Waals surface area contributed by atoms with Gasteiger partial charge in [-0.3, -0.25) is 14.5 Å². The molecule has 26 heavy (non-hydrogen) atoms. The third kappa shape index (κ3) is 3.74. The average Bonchev–Trinajstić information content (AvgIpc) is 2.82. The van der Waals surface area contributed by atoms with Gasteiger partial charge in [-0.05, 0) is 37.1 Å². The summed E-state index contributed by atoms with van der Waals surface area (Å²) in [4.78, 5) is 37.1. The molecule has 2 N–H and O–H groups in total. The van der Waals surface area contributed by atoms with Crippen molar-refractivity contribution in [1.82, 2.24) is 10.2 Å². The number of imide groups is 1. The fraction of sp³-hybridized carbons (Fsp3) is 0.250. The van der Waals surface area contributed by atoms with Gasteiger partial charge < -0.3 is 10.6 Å². The van der Waals surface area contributed by atoms with Crippen LogP contribution in [0.25, 0.3) is 11.1 Å². The van der Waals surface area contributed by atoms with Gasteiger partial charge in [0.15, 0.2) is 0 Å². The first-order valence-corrected chi connectivity index (χ1v) is 8.46. The second-order valence-electron chi connectivity index (χ2n) is 6.75. The standard InChI is InChI=1S/C20H21N3O3/c1-20(2)18(25)23(19(26)22-20)13-12-17(24)21-16-10-8-15(9-11-16)14-6-4-3-5-7-14/h3-11H,12-13H2,1-2H3,(H,21,24)(H,22,26). The summed E-state index contributed by atoms with van der Waals surface area (Å²) in [6, 6.07) is 17.0. The zero-order chi connectivity index (χ0) is 18.7. The molecule has 0 radical (unpaired) electrons. The molecule has 4 amide bonds. The topological polar surface area (TPSA) is 78.5 Å². The molecule has 6 heteroatoms. The van der Waals surface area contributed by atoms with Crippen LogP contribution in [0.3, 0.4) is 0 Å². The van der Waals surface area contributed by atoms with E-state index in [1.165, 1.54) is 0 Å². The molecule has 0 aromatic heterocycles. The molecule has 1 saturated heterocycles. The summed E-state index contributed by atoms with van der Waals surface area (Å²) in [7, 11) is 0. The number of nitrogens with zero attached hydrogens (tertiary/aromatic N) is 1. The van der Waals surface area contributed by atoms with Crippen LogP contribution in [-0.4, -0.2) is 34.8 Å². The van der Waals surface area contributed by atoms with Crippen LogP contribution >= 0.6 is 0 Å². The molecule has 0 spiro atoms. The van der Waals surface area contributed by atoms with Crippen LogP contribution in [-0.2, 0) is 9.59 Å². The molecule has 1 heterocycles. The van der Waals surface area contributed by atoms with E-state index in [2.05, 4.69) is 10.6 Å². The van der Waals surface area contributed by atoms with Gasteiger partial charge in [0.2, 0.25) is 5.91 Å². The fourth-order valence-corrected chi connectivity index (χ4v) is 2.83. The lowest BCUT2D eigenvalue weighted by molar-refractivity contribution is -0.130. The maximum absolute atomic E-state index is 12.1. The van der Waals surface area contributed by atoms with Crippen LogP contribution in [0.4, 0.5) is 10.5 Å². The molecule has 1 aliphatic heterocycles. The Kier molecular flexibility index (Phi) is 4.75. The highest BCUT2D eigenvalue weighted by Crippen LogP contribution is 2.21. The number of carbonyl (C=O) groups excluding carboxylic acids is 3. The summed E-state index contributed by atoms with van der Waals surface area (Å²) >= 11 is 0. The number of anilines is 1. The van der Waals surface area contributed by atoms with Gasteiger partial charge in [0.25, 0.3) is 5.91 Å². The number of benzene rings is 2. The molecular formula is C20H21N3O3. The van der Waals surface area contributed by atoms with Crippen molar-refractivity contribution >= 4 is 23.5 Å². The van der Waals surface area contributed by atoms with Crippen molar-refractivity contribution in [2.24, 2.45) is 0 Å². The van der Waals surface area contributed by atoms with E-state index in [0.29, 0.717) is 5.69 Å². The Balaban J connectivity index is 1.56. The minimum absolute atomic E-state index is 0.0513. The van der Waals surface area contributed by atoms with E-state index in [4.69, 9.17) is 0 Å². The lowest BCUT2D eigenvalue weighted by Gasteiger charge is -2.15. The van der Waals surface area contributed by atoms with Gasteiger partial charge in [-0.15, -0.1) is 0 Å². The van der Waals surface area contributed by atoms with Crippen LogP contribution in [0.5, 0.6) is 0 Å². The third-order valence-electron chi connectivity index (χ3n) is 4.28. The van der Waals surface area contributed by atoms with Gasteiger partial charge in [0.1, 0.15) is 5.54 Å². The number of hydrogen-bond acceptors (Lipinski definition) is 3. The summed E-state index contributed by atoms with van der Waals surface area (Å²) in [6.07, 6.45) is 0.0513. The van der Waals surface area contributed by atoms with Crippen molar-refractivity contribution in [1.29, 1.82) is 0 Å². The minimum atomic E-state index is -0.916. The fourth-order valence-electron chi connectivity index (χ4n) is 2.83. The Hall–Kier alpha value is -3.15. The Morgan fingerprint density at radius 3 is 2.19 bits per heavy atom. The Morgan fingerprint density at radius 2 is 1.62 bits per heavy atom. The van der Waals surface area contributed by atoms with Crippen LogP contribution in [0, 0.1) is 0 Å². The highest BCUT2D eigenvalue weighted by molar-refractivity contribution is 6.06. The summed E-state index contributed by atoms with van der Waals surface area (Å²) in [5.41, 5.74) is 1.92. The van der Waals surface area contributed by atoms with Crippen LogP contribution < -0.4 is 10.6 Å². The van der Waals surface area contributed by atoms with E-state index in [1.54, 1.807) is 13.8 Å². The number of rotatable bonds is 5. The maximum Gasteiger partial charge on any atom is 0.325 e. The van der Waals surface area contributed by atoms with E-state index in [-0.39, 0.29) is 24.8 Å². The van der Waals surface area contributed by atoms with E-state index in [9.17, 15) is 14.4 Å². The van der Waals surface area contributed by atoms with Crippen molar-refractivity contribution in [3.05, 3.63) is 54.6 Å². The van der Waals surface area contributed by atoms with Gasteiger partial charge in [-0.1, -0.05) is 42.5 Å². The van der Waals surface area contributed by atoms with Crippen LogP contribution in [0.1, 0.15) is 20.3 Å². The molecule has 3 rings (SSSR count). The largest absolute Gasteiger partial charge is 0.326 e. The second-order valence-corrected chi connectivity index (χ2v) is 6.75. The van der Waals surface area contributed by atoms with Crippen molar-refractivity contribution < 1.29 is 14.4 Å². The van der Waals surface area contributed by atoms with Crippen LogP contribution in [0.2, 0.25) is 0 Å². The van der Waals surface area contributed by atoms with Gasteiger partial charge in [0.05, 0.1) is 0 Å². The molecule has 0 unspecified atom stereocenters. The van der Waals surface area contributed by atoms with E-state index in [1.807, 2.05) is 54.6 Å². The Bertz CT molecular complexity index is 829. The molecule has 1 aliphatic rings. The van der Waals surface area contributed by atoms with E-state index in [0.717, 1.165) is 16.0 Å². The first kappa shape index (κ1) is 17.7. The quantitative estimate of drug-likeness (QED) is 0.813. The number of nitrogens with one attached hydrogen (secondary N) is 2. The predicted molar refractivity (Wildman–Crippen MR) is 99.4 cm³/mol. The van der Waals surface area contributed by atoms with Gasteiger partial charge >= 0.3 is 6.03 Å². The molecule has 1 fully saturated rings. The highest BCUT2D eigenvalue weighted by Gasteiger charge is 2.43. The minimum Gasteiger partial charge on any atom is -0.326 e. The molecule has 134 valence electrons. The summed E-state index contributed by atoms with van der Waals surface area (Å²) in [5, 5.41) is 5.38. The zero-order valence-corrected chi connectivity index (χ0v) is 14.8. The number of amides is 4. The van der Waals surface area contributed by atoms with Crippen molar-refractivity contribution in [3.8, 4) is 11.1 Å². The van der Waals surface area contributed by atoms with Gasteiger partial charge in [0, 0.05) is 18.7 Å². The molecule has 2 aromatic rings. The normalized spacial score (nSPS) is 15.7. The lowest BCUT2D eigenvalue weighted by atomic mass is 10.1. The van der Waals surface area contributed by atoms with Crippen molar-refractivity contribution in [3.63, 3.8) is 0 Å². The number of urea groups is 1. The Labute approximate surface area is 152 Å². The van der Waals surface area contributed by atoms with Crippen molar-refractivity contribution in [2.45, 2.75) is 25.8 Å². The summed E-state index contributed by atoms with van der Waals surface area (Å²) < 4.78 is 0. The lowest BCUT2D eigenvalue weighted by Crippen LogP contribution is -2.40. The predicted octanol–water partition coefficient (Wildman–Crippen LogP) is 3.01. The number of hydrogen-bond donors (Lipinski definition) is 2. The Morgan fingerprint density at radius 1 is 1.00 bits per heavy atom. The highest BCUT2D eigenvalue weighted by atomic mass is 16.2. The molecule has 2 aromatic carbocycles. The van der Waals surface area contributed by atoms with Gasteiger partial charge in [-0.2, -0.15) is 0 Å². The molecule has 0 atom stereocenters. The van der Waals surface area contributed by atoms with E-state index >= 15 is 0 Å². The number of carbonyl (C=O) groups is 3. The zero-order valence-electron chi connectivity index (χ0n) is 14.8. The first-order valence-electron chi connectivity index (χ1n) is 8.46. The molecule has 6 nitrogen and oxygen atoms in total. The molecule has 0 bridgehead atoms. The smallest absolute Gasteiger partial charge is 0.325 e. The monoisotopic (exact) mass is 351 g/mol. The third-order valence-corrected chi connectivity index (χ3v) is 4.28. The van der Waals surface area contributed by atoms with Crippen molar-refractivity contribution in [2.75, 3.05) is 11.9 Å².